The minimum Gasteiger partial charge on any atom is -0.382 e. The van der Waals surface area contributed by atoms with Gasteiger partial charge in [-0.1, -0.05) is 17.7 Å². The zero-order valence-corrected chi connectivity index (χ0v) is 10.6. The molecule has 0 aromatic heterocycles. The molecule has 0 amide bonds. The molecule has 0 heterocycles. The van der Waals surface area contributed by atoms with Crippen molar-refractivity contribution in [1.29, 1.82) is 0 Å². The third-order valence-electron chi connectivity index (χ3n) is 2.38. The molecule has 0 bridgehead atoms. The summed E-state index contributed by atoms with van der Waals surface area (Å²) in [5.74, 6) is -0.438. The van der Waals surface area contributed by atoms with Crippen molar-refractivity contribution in [2.24, 2.45) is 0 Å². The Hall–Kier alpha value is -0.930. The molecule has 0 saturated carbocycles. The molecule has 0 unspecified atom stereocenters. The molecule has 0 atom stereocenters. The molecule has 4 heteroatoms. The van der Waals surface area contributed by atoms with Crippen LogP contribution in [0.2, 0.25) is 5.02 Å². The van der Waals surface area contributed by atoms with Crippen LogP contribution in [0.25, 0.3) is 0 Å². The lowest BCUT2D eigenvalue weighted by Gasteiger charge is -2.05. The first-order valence-electron chi connectivity index (χ1n) is 5.67. The van der Waals surface area contributed by atoms with Crippen LogP contribution in [0.1, 0.15) is 25.3 Å². The smallest absolute Gasteiger partial charge is 0.137 e. The monoisotopic (exact) mass is 258 g/mol. The molecule has 2 nitrogen and oxygen atoms in total. The fourth-order valence-corrected chi connectivity index (χ4v) is 1.73. The Labute approximate surface area is 106 Å². The van der Waals surface area contributed by atoms with Crippen LogP contribution in [0.3, 0.4) is 0 Å². The topological polar surface area (TPSA) is 26.3 Å². The average molecular weight is 259 g/mol. The maximum atomic E-state index is 13.4. The molecule has 0 aliphatic carbocycles. The van der Waals surface area contributed by atoms with E-state index in [1.807, 2.05) is 6.92 Å². The first-order valence-corrected chi connectivity index (χ1v) is 6.05. The van der Waals surface area contributed by atoms with Crippen LogP contribution in [-0.4, -0.2) is 19.0 Å². The number of halogens is 2. The maximum Gasteiger partial charge on any atom is 0.137 e. The minimum absolute atomic E-state index is 0.0169. The van der Waals surface area contributed by atoms with Gasteiger partial charge >= 0.3 is 0 Å². The Balaban J connectivity index is 2.45. The normalized spacial score (nSPS) is 10.5. The molecule has 17 heavy (non-hydrogen) atoms. The van der Waals surface area contributed by atoms with Crippen molar-refractivity contribution in [3.63, 3.8) is 0 Å². The fraction of sp³-hybridized carbons (Fsp3) is 0.462. The second-order valence-electron chi connectivity index (χ2n) is 3.72. The maximum absolute atomic E-state index is 13.4. The molecule has 0 fully saturated rings. The zero-order chi connectivity index (χ0) is 12.7. The zero-order valence-electron chi connectivity index (χ0n) is 9.84. The summed E-state index contributed by atoms with van der Waals surface area (Å²) < 4.78 is 18.5. The number of hydrogen-bond acceptors (Lipinski definition) is 2. The van der Waals surface area contributed by atoms with Crippen molar-refractivity contribution in [3.05, 3.63) is 34.6 Å². The van der Waals surface area contributed by atoms with Crippen LogP contribution in [0.5, 0.6) is 0 Å². The number of ketones is 1. The van der Waals surface area contributed by atoms with Crippen LogP contribution >= 0.6 is 11.6 Å². The summed E-state index contributed by atoms with van der Waals surface area (Å²) in [4.78, 5) is 11.6. The number of hydrogen-bond donors (Lipinski definition) is 0. The van der Waals surface area contributed by atoms with Crippen molar-refractivity contribution in [2.75, 3.05) is 13.2 Å². The van der Waals surface area contributed by atoms with Gasteiger partial charge in [0.25, 0.3) is 0 Å². The van der Waals surface area contributed by atoms with Gasteiger partial charge in [-0.3, -0.25) is 4.79 Å². The van der Waals surface area contributed by atoms with Gasteiger partial charge < -0.3 is 4.74 Å². The molecule has 1 rings (SSSR count). The van der Waals surface area contributed by atoms with E-state index in [1.54, 1.807) is 6.07 Å². The van der Waals surface area contributed by atoms with Gasteiger partial charge in [0.2, 0.25) is 0 Å². The summed E-state index contributed by atoms with van der Waals surface area (Å²) in [6.07, 6.45) is 1.11. The molecule has 0 aliphatic rings. The summed E-state index contributed by atoms with van der Waals surface area (Å²) in [7, 11) is 0. The molecule has 0 saturated heterocycles. The highest BCUT2D eigenvalue weighted by Crippen LogP contribution is 2.20. The van der Waals surface area contributed by atoms with Gasteiger partial charge in [0.1, 0.15) is 11.6 Å². The second kappa shape index (κ2) is 7.41. The number of benzene rings is 1. The Bertz CT molecular complexity index is 359. The van der Waals surface area contributed by atoms with Crippen molar-refractivity contribution >= 4 is 17.4 Å². The average Bonchev–Trinajstić information content (AvgIpc) is 2.30. The number of carbonyl (C=O) groups excluding carboxylic acids is 1. The predicted molar refractivity (Wildman–Crippen MR) is 65.8 cm³/mol. The van der Waals surface area contributed by atoms with E-state index in [0.717, 1.165) is 0 Å². The third-order valence-corrected chi connectivity index (χ3v) is 2.74. The molecule has 0 spiro atoms. The third kappa shape index (κ3) is 4.84. The van der Waals surface area contributed by atoms with E-state index in [4.69, 9.17) is 16.3 Å². The van der Waals surface area contributed by atoms with Gasteiger partial charge in [0, 0.05) is 36.6 Å². The van der Waals surface area contributed by atoms with Crippen LogP contribution in [0.15, 0.2) is 18.2 Å². The molecule has 1 aromatic rings. The van der Waals surface area contributed by atoms with E-state index in [2.05, 4.69) is 0 Å². The number of rotatable bonds is 7. The van der Waals surface area contributed by atoms with Crippen molar-refractivity contribution in [3.8, 4) is 0 Å². The van der Waals surface area contributed by atoms with Gasteiger partial charge in [-0.05, 0) is 25.5 Å². The van der Waals surface area contributed by atoms with E-state index in [0.29, 0.717) is 31.1 Å². The van der Waals surface area contributed by atoms with E-state index in [9.17, 15) is 9.18 Å². The molecule has 1 aromatic carbocycles. The Morgan fingerprint density at radius 2 is 2.24 bits per heavy atom. The number of ether oxygens (including phenoxy) is 1. The van der Waals surface area contributed by atoms with Crippen molar-refractivity contribution in [2.45, 2.75) is 26.2 Å². The second-order valence-corrected chi connectivity index (χ2v) is 4.12. The molecule has 0 N–H and O–H groups in total. The first kappa shape index (κ1) is 14.1. The fourth-order valence-electron chi connectivity index (χ4n) is 1.50. The first-order chi connectivity index (χ1) is 8.15. The molecular weight excluding hydrogens is 243 g/mol. The number of carbonyl (C=O) groups is 1. The van der Waals surface area contributed by atoms with E-state index in [-0.39, 0.29) is 17.8 Å². The van der Waals surface area contributed by atoms with E-state index >= 15 is 0 Å². The highest BCUT2D eigenvalue weighted by Gasteiger charge is 2.11. The molecule has 0 aliphatic heterocycles. The largest absolute Gasteiger partial charge is 0.382 e. The number of Topliss-reactive ketones (excluding diaryl/α,β-unsaturated/α-hetero) is 1. The van der Waals surface area contributed by atoms with Gasteiger partial charge in [-0.2, -0.15) is 0 Å². The Morgan fingerprint density at radius 3 is 2.88 bits per heavy atom. The van der Waals surface area contributed by atoms with Crippen LogP contribution in [0, 0.1) is 5.82 Å². The highest BCUT2D eigenvalue weighted by atomic mass is 35.5. The van der Waals surface area contributed by atoms with Gasteiger partial charge in [0.15, 0.2) is 0 Å². The molecule has 0 radical (unpaired) electrons. The van der Waals surface area contributed by atoms with Gasteiger partial charge in [-0.25, -0.2) is 4.39 Å². The summed E-state index contributed by atoms with van der Waals surface area (Å²) in [6, 6.07) is 4.43. The van der Waals surface area contributed by atoms with Crippen LogP contribution < -0.4 is 0 Å². The summed E-state index contributed by atoms with van der Waals surface area (Å²) in [5.41, 5.74) is 0.288. The molecule has 94 valence electrons. The standard InChI is InChI=1S/C13H16ClFO2/c1-2-17-8-4-5-10(16)9-11-12(14)6-3-7-13(11)15/h3,6-7H,2,4-5,8-9H2,1H3. The van der Waals surface area contributed by atoms with Crippen LogP contribution in [0.4, 0.5) is 4.39 Å². The van der Waals surface area contributed by atoms with Gasteiger partial charge in [-0.15, -0.1) is 0 Å². The van der Waals surface area contributed by atoms with E-state index in [1.165, 1.54) is 12.1 Å². The lowest BCUT2D eigenvalue weighted by atomic mass is 10.1. The highest BCUT2D eigenvalue weighted by molar-refractivity contribution is 6.31. The lowest BCUT2D eigenvalue weighted by molar-refractivity contribution is -0.118. The predicted octanol–water partition coefficient (Wildman–Crippen LogP) is 3.41. The Morgan fingerprint density at radius 1 is 1.47 bits per heavy atom. The van der Waals surface area contributed by atoms with Crippen LogP contribution in [-0.2, 0) is 16.0 Å². The lowest BCUT2D eigenvalue weighted by Crippen LogP contribution is -2.06. The Kier molecular flexibility index (Phi) is 6.16. The quantitative estimate of drug-likeness (QED) is 0.701. The SMILES string of the molecule is CCOCCCC(=O)Cc1c(F)cccc1Cl. The van der Waals surface area contributed by atoms with Crippen molar-refractivity contribution in [1.82, 2.24) is 0 Å². The summed E-state index contributed by atoms with van der Waals surface area (Å²) in [5, 5.41) is 0.308. The summed E-state index contributed by atoms with van der Waals surface area (Å²) in [6.45, 7) is 3.11. The minimum atomic E-state index is -0.421. The van der Waals surface area contributed by atoms with Crippen molar-refractivity contribution < 1.29 is 13.9 Å². The molecular formula is C13H16ClFO2. The summed E-state index contributed by atoms with van der Waals surface area (Å²) >= 11 is 5.84. The van der Waals surface area contributed by atoms with E-state index < -0.39 is 5.82 Å². The van der Waals surface area contributed by atoms with Gasteiger partial charge in [0.05, 0.1) is 0 Å².